The predicted octanol–water partition coefficient (Wildman–Crippen LogP) is 7.84. The molecule has 0 aromatic carbocycles. The van der Waals surface area contributed by atoms with Gasteiger partial charge in [0.05, 0.1) is 0 Å². The number of unbranched alkanes of at least 4 members (excludes halogenated alkanes) is 4. The van der Waals surface area contributed by atoms with Crippen molar-refractivity contribution in [3.63, 3.8) is 0 Å². The molecule has 4 heterocycles. The van der Waals surface area contributed by atoms with E-state index in [0.29, 0.717) is 24.1 Å². The van der Waals surface area contributed by atoms with Crippen LogP contribution in [0.15, 0.2) is 0 Å². The Kier molecular flexibility index (Phi) is 13.8. The highest BCUT2D eigenvalue weighted by Crippen LogP contribution is 2.35. The smallest absolute Gasteiger partial charge is 0.242 e. The molecule has 0 unspecified atom stereocenters. The van der Waals surface area contributed by atoms with Gasteiger partial charge in [-0.25, -0.2) is 5.01 Å². The lowest BCUT2D eigenvalue weighted by Crippen LogP contribution is -2.63. The van der Waals surface area contributed by atoms with Crippen LogP contribution < -0.4 is 26.3 Å². The Balaban J connectivity index is 1.46. The number of aromatic nitrogens is 3. The maximum absolute atomic E-state index is 5.21. The minimum atomic E-state index is 0.0421. The largest absolute Gasteiger partial charge is 0.338 e. The number of piperidine rings is 3. The molecule has 0 atom stereocenters. The predicted molar refractivity (Wildman–Crippen MR) is 221 cm³/mol. The second kappa shape index (κ2) is 16.6. The molecule has 0 bridgehead atoms. The second-order valence-electron chi connectivity index (χ2n) is 21.1. The third kappa shape index (κ3) is 13.0. The zero-order chi connectivity index (χ0) is 38.8. The highest BCUT2D eigenvalue weighted by Gasteiger charge is 2.43. The fourth-order valence-corrected chi connectivity index (χ4v) is 10.6. The van der Waals surface area contributed by atoms with Gasteiger partial charge in [-0.05, 0) is 161 Å². The Morgan fingerprint density at radius 1 is 0.558 bits per heavy atom. The van der Waals surface area contributed by atoms with Crippen molar-refractivity contribution in [2.75, 3.05) is 37.0 Å². The van der Waals surface area contributed by atoms with E-state index < -0.39 is 0 Å². The van der Waals surface area contributed by atoms with E-state index in [9.17, 15) is 0 Å². The average molecular weight is 727 g/mol. The molecule has 0 radical (unpaired) electrons. The van der Waals surface area contributed by atoms with Gasteiger partial charge in [0.25, 0.3) is 0 Å². The topological polar surface area (TPSA) is 96.5 Å². The fourth-order valence-electron chi connectivity index (χ4n) is 10.6. The van der Waals surface area contributed by atoms with E-state index in [4.69, 9.17) is 15.0 Å². The highest BCUT2D eigenvalue weighted by atomic mass is 15.6. The molecule has 3 aliphatic rings. The van der Waals surface area contributed by atoms with Crippen molar-refractivity contribution in [3.05, 3.63) is 5.82 Å². The summed E-state index contributed by atoms with van der Waals surface area (Å²) in [6, 6.07) is 1.37. The van der Waals surface area contributed by atoms with E-state index in [1.807, 2.05) is 6.92 Å². The molecule has 4 rings (SSSR count). The van der Waals surface area contributed by atoms with Crippen LogP contribution in [0.5, 0.6) is 0 Å². The number of anilines is 2. The lowest BCUT2D eigenvalue weighted by Gasteiger charge is -2.50. The quantitative estimate of drug-likeness (QED) is 0.0998. The maximum Gasteiger partial charge on any atom is 0.242 e. The van der Waals surface area contributed by atoms with Crippen LogP contribution in [0.1, 0.15) is 173 Å². The van der Waals surface area contributed by atoms with E-state index in [1.165, 1.54) is 38.6 Å². The van der Waals surface area contributed by atoms with Gasteiger partial charge in [0.2, 0.25) is 11.9 Å². The maximum atomic E-state index is 5.21. The Morgan fingerprint density at radius 3 is 1.48 bits per heavy atom. The van der Waals surface area contributed by atoms with Crippen LogP contribution >= 0.6 is 0 Å². The number of nitrogens with one attached hydrogen (secondary N) is 4. The van der Waals surface area contributed by atoms with Gasteiger partial charge in [-0.1, -0.05) is 26.2 Å². The summed E-state index contributed by atoms with van der Waals surface area (Å²) in [5, 5.41) is 14.1. The molecule has 10 nitrogen and oxygen atoms in total. The summed E-state index contributed by atoms with van der Waals surface area (Å²) in [6.45, 7) is 35.5. The summed E-state index contributed by atoms with van der Waals surface area (Å²) in [5.41, 5.74) is 4.35. The molecule has 3 saturated heterocycles. The van der Waals surface area contributed by atoms with E-state index in [0.717, 1.165) is 69.8 Å². The molecular weight excluding hydrogens is 645 g/mol. The van der Waals surface area contributed by atoms with E-state index in [2.05, 4.69) is 133 Å². The third-order valence-electron chi connectivity index (χ3n) is 11.7. The zero-order valence-electron chi connectivity index (χ0n) is 36.5. The van der Waals surface area contributed by atoms with Crippen molar-refractivity contribution in [3.8, 4) is 0 Å². The first-order chi connectivity index (χ1) is 23.9. The van der Waals surface area contributed by atoms with Crippen LogP contribution in [-0.4, -0.2) is 103 Å². The Hall–Kier alpha value is -1.59. The lowest BCUT2D eigenvalue weighted by atomic mass is 9.79. The van der Waals surface area contributed by atoms with Crippen molar-refractivity contribution in [1.29, 1.82) is 0 Å². The summed E-state index contributed by atoms with van der Waals surface area (Å²) < 4.78 is 0. The first-order valence-corrected chi connectivity index (χ1v) is 21.0. The number of hydrazine groups is 1. The van der Waals surface area contributed by atoms with Crippen LogP contribution in [-0.2, 0) is 0 Å². The molecule has 4 N–H and O–H groups in total. The summed E-state index contributed by atoms with van der Waals surface area (Å²) in [6.07, 6.45) is 13.8. The Bertz CT molecular complexity index is 1240. The monoisotopic (exact) mass is 727 g/mol. The van der Waals surface area contributed by atoms with Crippen molar-refractivity contribution in [2.45, 2.75) is 225 Å². The first kappa shape index (κ1) is 43.1. The van der Waals surface area contributed by atoms with Crippen LogP contribution in [0.4, 0.5) is 11.9 Å². The Morgan fingerprint density at radius 2 is 1.00 bits per heavy atom. The number of rotatable bonds is 16. The molecule has 0 spiro atoms. The van der Waals surface area contributed by atoms with Crippen LogP contribution in [0.25, 0.3) is 0 Å². The molecule has 3 fully saturated rings. The zero-order valence-corrected chi connectivity index (χ0v) is 36.5. The minimum absolute atomic E-state index is 0.0421. The molecule has 300 valence electrons. The van der Waals surface area contributed by atoms with E-state index in [1.54, 1.807) is 0 Å². The molecule has 0 amide bonds. The molecule has 0 aliphatic carbocycles. The van der Waals surface area contributed by atoms with E-state index in [-0.39, 0.29) is 33.2 Å². The first-order valence-electron chi connectivity index (χ1n) is 21.0. The van der Waals surface area contributed by atoms with Gasteiger partial charge in [-0.2, -0.15) is 15.0 Å². The van der Waals surface area contributed by atoms with Gasteiger partial charge < -0.3 is 25.8 Å². The SMILES string of the molecule is CCCCN(c1nc(C)nc(NN(CCCCCCN(C)C2CC(C)(C)NC(C)(C)C2)C2CC(C)(C)NC(C)(C)C2)n1)C1CC(C)(C)NC(C)(C)C1. The van der Waals surface area contributed by atoms with Gasteiger partial charge in [0, 0.05) is 64.4 Å². The number of aryl methyl sites for hydroxylation is 1. The fraction of sp³-hybridized carbons (Fsp3) is 0.929. The van der Waals surface area contributed by atoms with Gasteiger partial charge in [-0.15, -0.1) is 0 Å². The van der Waals surface area contributed by atoms with Crippen LogP contribution in [0.2, 0.25) is 0 Å². The van der Waals surface area contributed by atoms with Crippen molar-refractivity contribution < 1.29 is 0 Å². The third-order valence-corrected chi connectivity index (χ3v) is 11.7. The van der Waals surface area contributed by atoms with Crippen LogP contribution in [0.3, 0.4) is 0 Å². The molecule has 1 aromatic rings. The summed E-state index contributed by atoms with van der Waals surface area (Å²) in [7, 11) is 2.34. The lowest BCUT2D eigenvalue weighted by molar-refractivity contribution is 0.0773. The molecule has 0 saturated carbocycles. The average Bonchev–Trinajstić information content (AvgIpc) is 2.93. The van der Waals surface area contributed by atoms with Gasteiger partial charge in [0.15, 0.2) is 0 Å². The molecule has 1 aromatic heterocycles. The van der Waals surface area contributed by atoms with Gasteiger partial charge in [0.1, 0.15) is 5.82 Å². The van der Waals surface area contributed by atoms with Crippen molar-refractivity contribution in [1.82, 2.24) is 40.8 Å². The molecule has 10 heteroatoms. The van der Waals surface area contributed by atoms with E-state index >= 15 is 0 Å². The summed E-state index contributed by atoms with van der Waals surface area (Å²) >= 11 is 0. The standard InChI is InChI=1S/C42H82N10/c1-16-17-23-51(33-27-39(7,8)48-40(9,10)28-33)36-44-31(2)43-35(45-36)46-52(34-29-41(11,12)49-42(13,14)30-34)24-21-19-18-20-22-50(15)32-25-37(3,4)47-38(5,6)26-32/h32-34,47-49H,16-30H2,1-15H3,(H,43,44,45,46). The van der Waals surface area contributed by atoms with Crippen molar-refractivity contribution >= 4 is 11.9 Å². The van der Waals surface area contributed by atoms with Crippen LogP contribution in [0, 0.1) is 6.92 Å². The van der Waals surface area contributed by atoms with Crippen molar-refractivity contribution in [2.24, 2.45) is 0 Å². The number of hydrogen-bond acceptors (Lipinski definition) is 10. The number of nitrogens with zero attached hydrogens (tertiary/aromatic N) is 6. The number of hydrogen-bond donors (Lipinski definition) is 4. The molecular formula is C42H82N10. The normalized spacial score (nSPS) is 24.3. The van der Waals surface area contributed by atoms with Gasteiger partial charge in [-0.3, -0.25) is 5.43 Å². The summed E-state index contributed by atoms with van der Waals surface area (Å²) in [4.78, 5) is 20.2. The highest BCUT2D eigenvalue weighted by molar-refractivity contribution is 5.39. The molecule has 52 heavy (non-hydrogen) atoms. The minimum Gasteiger partial charge on any atom is -0.338 e. The molecule has 3 aliphatic heterocycles. The second-order valence-corrected chi connectivity index (χ2v) is 21.1. The Labute approximate surface area is 320 Å². The van der Waals surface area contributed by atoms with Gasteiger partial charge >= 0.3 is 0 Å². The summed E-state index contributed by atoms with van der Waals surface area (Å²) in [5.74, 6) is 2.27.